The summed E-state index contributed by atoms with van der Waals surface area (Å²) in [5.41, 5.74) is 2.62. The van der Waals surface area contributed by atoms with E-state index in [4.69, 9.17) is 4.74 Å². The van der Waals surface area contributed by atoms with Gasteiger partial charge in [-0.25, -0.2) is 0 Å². The normalized spacial score (nSPS) is 26.6. The maximum Gasteiger partial charge on any atom is 0.151 e. The molecule has 5 rings (SSSR count). The highest BCUT2D eigenvalue weighted by atomic mass is 16.5. The van der Waals surface area contributed by atoms with Crippen LogP contribution in [0.2, 0.25) is 0 Å². The molecule has 2 aromatic rings. The molecule has 2 aliphatic carbocycles. The van der Waals surface area contributed by atoms with Crippen LogP contribution in [0.25, 0.3) is 5.69 Å². The number of para-hydroxylation sites is 1. The van der Waals surface area contributed by atoms with Crippen LogP contribution in [-0.2, 0) is 17.8 Å². The van der Waals surface area contributed by atoms with Gasteiger partial charge in [-0.2, -0.15) is 0 Å². The predicted octanol–water partition coefficient (Wildman–Crippen LogP) is 4.20. The number of hydrogen-bond donors (Lipinski definition) is 0. The quantitative estimate of drug-likeness (QED) is 0.817. The molecule has 5 nitrogen and oxygen atoms in total. The van der Waals surface area contributed by atoms with Gasteiger partial charge in [0.2, 0.25) is 0 Å². The third-order valence-electron chi connectivity index (χ3n) is 6.57. The fourth-order valence-electron chi connectivity index (χ4n) is 5.16. The number of hydrogen-bond acceptors (Lipinski definition) is 4. The molecule has 144 valence electrons. The lowest BCUT2D eigenvalue weighted by molar-refractivity contribution is -0.0288. The van der Waals surface area contributed by atoms with Crippen LogP contribution in [-0.4, -0.2) is 38.9 Å². The van der Waals surface area contributed by atoms with Crippen LogP contribution in [0.5, 0.6) is 0 Å². The summed E-state index contributed by atoms with van der Waals surface area (Å²) in [5.74, 6) is 2.72. The predicted molar refractivity (Wildman–Crippen MR) is 105 cm³/mol. The molecule has 0 radical (unpaired) electrons. The van der Waals surface area contributed by atoms with Crippen LogP contribution in [0.4, 0.5) is 0 Å². The number of nitrogens with zero attached hydrogens (tertiary/aromatic N) is 4. The molecule has 0 saturated heterocycles. The number of fused-ring (bicyclic) bond motifs is 3. The van der Waals surface area contributed by atoms with Gasteiger partial charge in [-0.15, -0.1) is 10.2 Å². The van der Waals surface area contributed by atoms with E-state index in [2.05, 4.69) is 51.0 Å². The molecule has 3 aliphatic rings. The first-order valence-corrected chi connectivity index (χ1v) is 10.6. The largest absolute Gasteiger partial charge is 0.375 e. The van der Waals surface area contributed by atoms with E-state index in [-0.39, 0.29) is 0 Å². The molecule has 0 unspecified atom stereocenters. The van der Waals surface area contributed by atoms with Crippen molar-refractivity contribution < 1.29 is 4.74 Å². The van der Waals surface area contributed by atoms with Gasteiger partial charge in [-0.3, -0.25) is 9.47 Å². The molecule has 0 N–H and O–H groups in total. The Morgan fingerprint density at radius 1 is 0.889 bits per heavy atom. The standard InChI is InChI=1S/C22H30N4O/c1-25-14-17-6-2-5-9-20(17)26-21(15-25)23-24-22(26)16-10-12-19(13-11-16)27-18-7-3-4-8-18/h2,5-6,9,16,18-19H,3-4,7-8,10-15H2,1H3. The fourth-order valence-corrected chi connectivity index (χ4v) is 5.16. The second-order valence-corrected chi connectivity index (χ2v) is 8.63. The molecule has 0 atom stereocenters. The molecule has 2 fully saturated rings. The lowest BCUT2D eigenvalue weighted by atomic mass is 9.86. The highest BCUT2D eigenvalue weighted by molar-refractivity contribution is 5.44. The first-order chi connectivity index (χ1) is 13.3. The molecule has 1 aromatic heterocycles. The zero-order valence-electron chi connectivity index (χ0n) is 16.3. The summed E-state index contributed by atoms with van der Waals surface area (Å²) >= 11 is 0. The maximum atomic E-state index is 6.37. The monoisotopic (exact) mass is 366 g/mol. The van der Waals surface area contributed by atoms with E-state index in [1.165, 1.54) is 36.9 Å². The van der Waals surface area contributed by atoms with Crippen LogP contribution >= 0.6 is 0 Å². The molecular weight excluding hydrogens is 336 g/mol. The van der Waals surface area contributed by atoms with Gasteiger partial charge < -0.3 is 4.74 Å². The summed E-state index contributed by atoms with van der Waals surface area (Å²) in [5, 5.41) is 9.25. The van der Waals surface area contributed by atoms with Crippen molar-refractivity contribution in [1.29, 1.82) is 0 Å². The summed E-state index contributed by atoms with van der Waals surface area (Å²) < 4.78 is 8.72. The molecule has 2 saturated carbocycles. The second-order valence-electron chi connectivity index (χ2n) is 8.63. The van der Waals surface area contributed by atoms with Crippen molar-refractivity contribution in [3.05, 3.63) is 41.5 Å². The molecule has 1 aliphatic heterocycles. The fraction of sp³-hybridized carbons (Fsp3) is 0.636. The van der Waals surface area contributed by atoms with Crippen molar-refractivity contribution in [2.24, 2.45) is 0 Å². The first-order valence-electron chi connectivity index (χ1n) is 10.6. The Hall–Kier alpha value is -1.72. The van der Waals surface area contributed by atoms with Crippen molar-refractivity contribution in [2.45, 2.75) is 82.6 Å². The minimum Gasteiger partial charge on any atom is -0.375 e. The van der Waals surface area contributed by atoms with Gasteiger partial charge in [0.1, 0.15) is 5.82 Å². The summed E-state index contributed by atoms with van der Waals surface area (Å²) in [6.45, 7) is 1.81. The molecular formula is C22H30N4O. The Balaban J connectivity index is 1.36. The number of aromatic nitrogens is 3. The van der Waals surface area contributed by atoms with E-state index in [1.54, 1.807) is 0 Å². The van der Waals surface area contributed by atoms with E-state index in [9.17, 15) is 0 Å². The van der Waals surface area contributed by atoms with Crippen LogP contribution in [0.1, 0.15) is 74.5 Å². The van der Waals surface area contributed by atoms with Gasteiger partial charge in [0.05, 0.1) is 24.4 Å². The summed E-state index contributed by atoms with van der Waals surface area (Å²) in [7, 11) is 2.16. The molecule has 2 heterocycles. The molecule has 0 amide bonds. The number of benzene rings is 1. The molecule has 0 spiro atoms. The second kappa shape index (κ2) is 7.36. The lowest BCUT2D eigenvalue weighted by Crippen LogP contribution is -2.26. The Morgan fingerprint density at radius 3 is 2.44 bits per heavy atom. The van der Waals surface area contributed by atoms with Gasteiger partial charge >= 0.3 is 0 Å². The molecule has 0 bridgehead atoms. The molecule has 27 heavy (non-hydrogen) atoms. The van der Waals surface area contributed by atoms with Crippen LogP contribution < -0.4 is 0 Å². The van der Waals surface area contributed by atoms with Gasteiger partial charge in [-0.05, 0) is 57.2 Å². The van der Waals surface area contributed by atoms with Gasteiger partial charge in [0, 0.05) is 12.5 Å². The Kier molecular flexibility index (Phi) is 4.74. The van der Waals surface area contributed by atoms with Crippen molar-refractivity contribution >= 4 is 0 Å². The van der Waals surface area contributed by atoms with E-state index in [1.807, 2.05) is 0 Å². The van der Waals surface area contributed by atoms with Crippen molar-refractivity contribution in [3.8, 4) is 5.69 Å². The maximum absolute atomic E-state index is 6.37. The van der Waals surface area contributed by atoms with Crippen molar-refractivity contribution in [1.82, 2.24) is 19.7 Å². The SMILES string of the molecule is CN1Cc2ccccc2-n2c(nnc2C2CCC(OC3CCCC3)CC2)C1. The molecule has 1 aromatic carbocycles. The molecule has 5 heteroatoms. The summed E-state index contributed by atoms with van der Waals surface area (Å²) in [4.78, 5) is 2.32. The summed E-state index contributed by atoms with van der Waals surface area (Å²) in [6, 6.07) is 8.72. The van der Waals surface area contributed by atoms with Gasteiger partial charge in [-0.1, -0.05) is 31.0 Å². The smallest absolute Gasteiger partial charge is 0.151 e. The van der Waals surface area contributed by atoms with E-state index >= 15 is 0 Å². The average Bonchev–Trinajstić information content (AvgIpc) is 3.30. The van der Waals surface area contributed by atoms with Crippen LogP contribution in [0.15, 0.2) is 24.3 Å². The van der Waals surface area contributed by atoms with Crippen molar-refractivity contribution in [3.63, 3.8) is 0 Å². The lowest BCUT2D eigenvalue weighted by Gasteiger charge is -2.30. The van der Waals surface area contributed by atoms with E-state index in [0.29, 0.717) is 18.1 Å². The first kappa shape index (κ1) is 17.4. The van der Waals surface area contributed by atoms with Crippen LogP contribution in [0.3, 0.4) is 0 Å². The van der Waals surface area contributed by atoms with Crippen LogP contribution in [0, 0.1) is 0 Å². The Labute approximate surface area is 161 Å². The highest BCUT2D eigenvalue weighted by Crippen LogP contribution is 2.37. The van der Waals surface area contributed by atoms with E-state index in [0.717, 1.165) is 50.4 Å². The zero-order chi connectivity index (χ0) is 18.2. The van der Waals surface area contributed by atoms with Gasteiger partial charge in [0.15, 0.2) is 5.82 Å². The average molecular weight is 367 g/mol. The number of ether oxygens (including phenoxy) is 1. The van der Waals surface area contributed by atoms with Crippen molar-refractivity contribution in [2.75, 3.05) is 7.05 Å². The minimum absolute atomic E-state index is 0.453. The highest BCUT2D eigenvalue weighted by Gasteiger charge is 2.31. The third-order valence-corrected chi connectivity index (χ3v) is 6.57. The Morgan fingerprint density at radius 2 is 1.63 bits per heavy atom. The number of rotatable bonds is 3. The zero-order valence-corrected chi connectivity index (χ0v) is 16.3. The minimum atomic E-state index is 0.453. The third kappa shape index (κ3) is 3.43. The topological polar surface area (TPSA) is 43.2 Å². The van der Waals surface area contributed by atoms with E-state index < -0.39 is 0 Å². The Bertz CT molecular complexity index is 787. The van der Waals surface area contributed by atoms with Gasteiger partial charge in [0.25, 0.3) is 0 Å². The summed E-state index contributed by atoms with van der Waals surface area (Å²) in [6.07, 6.45) is 10.8.